The molecule has 4 aromatic rings. The summed E-state index contributed by atoms with van der Waals surface area (Å²) in [5.74, 6) is 0.292. The Balaban J connectivity index is 1.49. The number of fused-ring (bicyclic) bond motifs is 1. The summed E-state index contributed by atoms with van der Waals surface area (Å²) in [5, 5.41) is 17.2. The third-order valence-electron chi connectivity index (χ3n) is 6.49. The van der Waals surface area contributed by atoms with Gasteiger partial charge in [-0.15, -0.1) is 0 Å². The Bertz CT molecular complexity index is 1500. The first-order valence-corrected chi connectivity index (χ1v) is 12.0. The van der Waals surface area contributed by atoms with Crippen molar-refractivity contribution in [1.29, 1.82) is 5.26 Å². The van der Waals surface area contributed by atoms with Gasteiger partial charge in [-0.05, 0) is 49.2 Å². The normalized spacial score (nSPS) is 17.8. The van der Waals surface area contributed by atoms with Crippen LogP contribution in [-0.4, -0.2) is 27.6 Å². The Kier molecular flexibility index (Phi) is 6.20. The number of piperidine rings is 1. The maximum atomic E-state index is 13.2. The van der Waals surface area contributed by atoms with Crippen LogP contribution in [0.25, 0.3) is 16.6 Å². The Morgan fingerprint density at radius 1 is 1.17 bits per heavy atom. The minimum atomic E-state index is -0.417. The average molecular weight is 505 g/mol. The van der Waals surface area contributed by atoms with Crippen molar-refractivity contribution in [3.8, 4) is 11.8 Å². The van der Waals surface area contributed by atoms with Crippen molar-refractivity contribution in [3.05, 3.63) is 86.4 Å². The van der Waals surface area contributed by atoms with Crippen LogP contribution in [-0.2, 0) is 5.41 Å². The van der Waals surface area contributed by atoms with Gasteiger partial charge in [0.2, 0.25) is 5.95 Å². The predicted octanol–water partition coefficient (Wildman–Crippen LogP) is 5.34. The molecular formula is C26H22Cl2N6O. The first kappa shape index (κ1) is 23.3. The highest BCUT2D eigenvalue weighted by molar-refractivity contribution is 6.37. The molecule has 0 amide bonds. The predicted molar refractivity (Wildman–Crippen MR) is 139 cm³/mol. The lowest BCUT2D eigenvalue weighted by Gasteiger charge is -2.34. The molecule has 1 unspecified atom stereocenters. The highest BCUT2D eigenvalue weighted by Gasteiger charge is 2.28. The first-order chi connectivity index (χ1) is 16.9. The molecule has 1 aliphatic heterocycles. The fraction of sp³-hybridized carbons (Fsp3) is 0.231. The number of nitriles is 1. The molecule has 3 heterocycles. The Labute approximate surface area is 212 Å². The fourth-order valence-corrected chi connectivity index (χ4v) is 5.12. The van der Waals surface area contributed by atoms with Gasteiger partial charge in [0.05, 0.1) is 26.7 Å². The van der Waals surface area contributed by atoms with Crippen LogP contribution in [0.1, 0.15) is 30.9 Å². The number of para-hydroxylation sites is 1. The number of pyridine rings is 1. The van der Waals surface area contributed by atoms with Crippen molar-refractivity contribution in [2.24, 2.45) is 0 Å². The van der Waals surface area contributed by atoms with Crippen LogP contribution in [0, 0.1) is 11.3 Å². The summed E-state index contributed by atoms with van der Waals surface area (Å²) in [7, 11) is 0. The van der Waals surface area contributed by atoms with Crippen LogP contribution in [0.15, 0.2) is 59.7 Å². The molecule has 1 saturated heterocycles. The van der Waals surface area contributed by atoms with Crippen molar-refractivity contribution in [3.63, 3.8) is 0 Å². The molecule has 2 aromatic carbocycles. The van der Waals surface area contributed by atoms with Crippen molar-refractivity contribution in [1.82, 2.24) is 19.9 Å². The van der Waals surface area contributed by atoms with E-state index >= 15 is 0 Å². The lowest BCUT2D eigenvalue weighted by molar-refractivity contribution is 0.339. The maximum Gasteiger partial charge on any atom is 0.266 e. The van der Waals surface area contributed by atoms with Crippen molar-refractivity contribution < 1.29 is 0 Å². The van der Waals surface area contributed by atoms with Crippen molar-refractivity contribution in [2.45, 2.75) is 25.2 Å². The standard InChI is InChI=1S/C26H22Cl2N6O/c1-26(10-3-11-30-15-26)17-6-8-18(9-7-17)32-25-31-13-19-22(33-25)16(12-29)14-34(24(19)35)23-20(27)4-2-5-21(23)28/h2,4-9,13-14,30H,3,10-11,15H2,1H3,(H,31,32,33). The number of hydrogen-bond donors (Lipinski definition) is 2. The Morgan fingerprint density at radius 2 is 1.91 bits per heavy atom. The van der Waals surface area contributed by atoms with E-state index in [9.17, 15) is 10.1 Å². The van der Waals surface area contributed by atoms with Gasteiger partial charge in [0, 0.05) is 30.0 Å². The van der Waals surface area contributed by atoms with Crippen molar-refractivity contribution >= 4 is 45.7 Å². The molecule has 0 saturated carbocycles. The molecule has 7 nitrogen and oxygen atoms in total. The molecule has 1 atom stereocenters. The van der Waals surface area contributed by atoms with Crippen LogP contribution in [0.5, 0.6) is 0 Å². The van der Waals surface area contributed by atoms with Crippen LogP contribution >= 0.6 is 23.2 Å². The molecule has 0 bridgehead atoms. The molecule has 0 spiro atoms. The zero-order chi connectivity index (χ0) is 24.6. The summed E-state index contributed by atoms with van der Waals surface area (Å²) in [6.07, 6.45) is 5.13. The van der Waals surface area contributed by atoms with Gasteiger partial charge in [-0.25, -0.2) is 9.97 Å². The van der Waals surface area contributed by atoms with Gasteiger partial charge in [-0.2, -0.15) is 5.26 Å². The number of hydrogen-bond acceptors (Lipinski definition) is 6. The molecule has 5 rings (SSSR count). The summed E-state index contributed by atoms with van der Waals surface area (Å²) in [4.78, 5) is 22.0. The van der Waals surface area contributed by atoms with E-state index in [0.717, 1.165) is 31.6 Å². The van der Waals surface area contributed by atoms with E-state index in [2.05, 4.69) is 45.7 Å². The highest BCUT2D eigenvalue weighted by Crippen LogP contribution is 2.32. The Morgan fingerprint density at radius 3 is 2.57 bits per heavy atom. The number of anilines is 2. The number of nitrogens with zero attached hydrogens (tertiary/aromatic N) is 4. The fourth-order valence-electron chi connectivity index (χ4n) is 4.54. The van der Waals surface area contributed by atoms with Crippen LogP contribution in [0.2, 0.25) is 10.0 Å². The van der Waals surface area contributed by atoms with Gasteiger partial charge in [0.15, 0.2) is 0 Å². The second-order valence-electron chi connectivity index (χ2n) is 8.90. The SMILES string of the molecule is CC1(c2ccc(Nc3ncc4c(=O)n(-c5c(Cl)cccc5Cl)cc(C#N)c4n3)cc2)CCCNC1. The number of rotatable bonds is 4. The van der Waals surface area contributed by atoms with E-state index in [0.29, 0.717) is 21.7 Å². The van der Waals surface area contributed by atoms with Crippen molar-refractivity contribution in [2.75, 3.05) is 18.4 Å². The van der Waals surface area contributed by atoms with E-state index in [-0.39, 0.29) is 21.9 Å². The smallest absolute Gasteiger partial charge is 0.266 e. The third-order valence-corrected chi connectivity index (χ3v) is 7.10. The minimum Gasteiger partial charge on any atom is -0.324 e. The Hall–Kier alpha value is -3.44. The second-order valence-corrected chi connectivity index (χ2v) is 9.71. The van der Waals surface area contributed by atoms with E-state index in [1.807, 2.05) is 12.1 Å². The topological polar surface area (TPSA) is 95.6 Å². The monoisotopic (exact) mass is 504 g/mol. The van der Waals surface area contributed by atoms with Crippen LogP contribution in [0.4, 0.5) is 11.6 Å². The van der Waals surface area contributed by atoms with Gasteiger partial charge in [-0.1, -0.05) is 48.3 Å². The van der Waals surface area contributed by atoms with Gasteiger partial charge in [0.25, 0.3) is 5.56 Å². The molecule has 35 heavy (non-hydrogen) atoms. The summed E-state index contributed by atoms with van der Waals surface area (Å²) in [6.45, 7) is 4.30. The highest BCUT2D eigenvalue weighted by atomic mass is 35.5. The number of aromatic nitrogens is 3. The molecule has 0 radical (unpaired) electrons. The minimum absolute atomic E-state index is 0.113. The zero-order valence-electron chi connectivity index (χ0n) is 19.0. The lowest BCUT2D eigenvalue weighted by Crippen LogP contribution is -2.41. The summed E-state index contributed by atoms with van der Waals surface area (Å²) in [6, 6.07) is 15.3. The average Bonchev–Trinajstić information content (AvgIpc) is 2.86. The van der Waals surface area contributed by atoms with E-state index in [1.165, 1.54) is 22.5 Å². The maximum absolute atomic E-state index is 13.2. The molecule has 1 fully saturated rings. The van der Waals surface area contributed by atoms with Gasteiger partial charge in [0.1, 0.15) is 11.6 Å². The van der Waals surface area contributed by atoms with Gasteiger partial charge >= 0.3 is 0 Å². The molecule has 1 aliphatic rings. The van der Waals surface area contributed by atoms with Gasteiger partial charge < -0.3 is 10.6 Å². The number of halogens is 2. The zero-order valence-corrected chi connectivity index (χ0v) is 20.5. The molecule has 0 aliphatic carbocycles. The summed E-state index contributed by atoms with van der Waals surface area (Å²) < 4.78 is 1.27. The molecule has 176 valence electrons. The molecule has 9 heteroatoms. The lowest BCUT2D eigenvalue weighted by atomic mass is 9.76. The summed E-state index contributed by atoms with van der Waals surface area (Å²) in [5.41, 5.74) is 2.56. The van der Waals surface area contributed by atoms with E-state index in [4.69, 9.17) is 23.2 Å². The van der Waals surface area contributed by atoms with Crippen LogP contribution < -0.4 is 16.2 Å². The number of benzene rings is 2. The molecule has 2 N–H and O–H groups in total. The van der Waals surface area contributed by atoms with E-state index in [1.54, 1.807) is 18.2 Å². The second kappa shape index (κ2) is 9.31. The largest absolute Gasteiger partial charge is 0.324 e. The van der Waals surface area contributed by atoms with E-state index < -0.39 is 5.56 Å². The quantitative estimate of drug-likeness (QED) is 0.389. The molecule has 2 aromatic heterocycles. The first-order valence-electron chi connectivity index (χ1n) is 11.2. The molecular weight excluding hydrogens is 483 g/mol. The van der Waals surface area contributed by atoms with Crippen LogP contribution in [0.3, 0.4) is 0 Å². The summed E-state index contributed by atoms with van der Waals surface area (Å²) >= 11 is 12.6. The third kappa shape index (κ3) is 4.37. The van der Waals surface area contributed by atoms with Gasteiger partial charge in [-0.3, -0.25) is 9.36 Å². The number of nitrogens with one attached hydrogen (secondary N) is 2.